The fourth-order valence-electron chi connectivity index (χ4n) is 7.29. The quantitative estimate of drug-likeness (QED) is 0.0422. The molecule has 0 spiro atoms. The highest BCUT2D eigenvalue weighted by molar-refractivity contribution is 7.51. The SMILES string of the molecule is COc1ccc(C(OC[C@H]2O[C@@H](n3ccc4c(Cl)ncnc43)C[C@@H]2P(OCCC#N)N(C(C)C)C(C)C)(c2ccccc2)c2ccc(OC)cc2)cc1. The van der Waals surface area contributed by atoms with Gasteiger partial charge in [0.1, 0.15) is 48.8 Å². The lowest BCUT2D eigenvalue weighted by Crippen LogP contribution is -2.41. The molecule has 1 aliphatic rings. The first kappa shape index (κ1) is 38.6. The molecule has 1 fully saturated rings. The number of fused-ring (bicyclic) bond motifs is 1. The van der Waals surface area contributed by atoms with E-state index in [-0.39, 0.29) is 30.6 Å². The molecule has 1 unspecified atom stereocenters. The van der Waals surface area contributed by atoms with Crippen molar-refractivity contribution in [2.24, 2.45) is 0 Å². The highest BCUT2D eigenvalue weighted by Crippen LogP contribution is 2.57. The summed E-state index contributed by atoms with van der Waals surface area (Å²) in [6.45, 7) is 9.31. The van der Waals surface area contributed by atoms with Crippen molar-refractivity contribution in [1.82, 2.24) is 19.2 Å². The van der Waals surface area contributed by atoms with Crippen LogP contribution in [0.25, 0.3) is 11.0 Å². The van der Waals surface area contributed by atoms with Crippen molar-refractivity contribution in [2.45, 2.75) is 76.2 Å². The number of ether oxygens (including phenoxy) is 4. The van der Waals surface area contributed by atoms with Crippen LogP contribution in [0, 0.1) is 11.3 Å². The average molecular weight is 756 g/mol. The summed E-state index contributed by atoms with van der Waals surface area (Å²) < 4.78 is 36.8. The van der Waals surface area contributed by atoms with E-state index in [1.165, 1.54) is 6.33 Å². The molecule has 10 nitrogen and oxygen atoms in total. The maximum atomic E-state index is 9.48. The normalized spacial score (nSPS) is 18.2. The van der Waals surface area contributed by atoms with Gasteiger partial charge in [0.2, 0.25) is 0 Å². The minimum atomic E-state index is -1.26. The third kappa shape index (κ3) is 8.07. The second kappa shape index (κ2) is 17.4. The van der Waals surface area contributed by atoms with E-state index in [1.54, 1.807) is 14.2 Å². The topological polar surface area (TPSA) is 104 Å². The smallest absolute Gasteiger partial charge is 0.146 e. The van der Waals surface area contributed by atoms with Crippen molar-refractivity contribution in [2.75, 3.05) is 27.4 Å². The number of rotatable bonds is 16. The Morgan fingerprint density at radius 2 is 1.51 bits per heavy atom. The molecule has 3 aromatic carbocycles. The molecule has 0 saturated carbocycles. The first-order valence-electron chi connectivity index (χ1n) is 17.9. The molecule has 278 valence electrons. The number of nitriles is 1. The first-order valence-corrected chi connectivity index (χ1v) is 19.6. The van der Waals surface area contributed by atoms with Crippen molar-refractivity contribution in [3.8, 4) is 17.6 Å². The summed E-state index contributed by atoms with van der Waals surface area (Å²) in [6, 6.07) is 30.9. The molecule has 1 saturated heterocycles. The number of hydrogen-bond donors (Lipinski definition) is 0. The third-order valence-corrected chi connectivity index (χ3v) is 12.9. The molecule has 1 aliphatic heterocycles. The summed E-state index contributed by atoms with van der Waals surface area (Å²) in [5, 5.41) is 10.6. The van der Waals surface area contributed by atoms with Crippen LogP contribution in [0.4, 0.5) is 0 Å². The van der Waals surface area contributed by atoms with Gasteiger partial charge in [-0.15, -0.1) is 0 Å². The van der Waals surface area contributed by atoms with Crippen LogP contribution in [0.3, 0.4) is 0 Å². The monoisotopic (exact) mass is 755 g/mol. The number of halogens is 1. The molecule has 0 N–H and O–H groups in total. The standard InChI is InChI=1S/C41H47ClN5O5P/c1-28(2)47(29(3)4)53(51-24-10-22-43)37-25-38(46-23-21-35-39(42)44-27-45-40(35)46)52-36(37)26-50-41(30-11-8-7-9-12-30,31-13-17-33(48-5)18-14-31)32-15-19-34(49-6)20-16-32/h7-9,11-21,23,27-29,36-38H,10,24-26H2,1-6H3/t36-,37+,38-,53?/m1/s1. The Labute approximate surface area is 318 Å². The van der Waals surface area contributed by atoms with Crippen molar-refractivity contribution < 1.29 is 23.5 Å². The number of nitrogens with zero attached hydrogens (tertiary/aromatic N) is 5. The Bertz CT molecular complexity index is 1910. The van der Waals surface area contributed by atoms with Crippen LogP contribution in [0.1, 0.15) is 63.5 Å². The molecule has 0 aliphatic carbocycles. The van der Waals surface area contributed by atoms with Gasteiger partial charge in [0.25, 0.3) is 0 Å². The molecule has 0 bridgehead atoms. The molecule has 0 radical (unpaired) electrons. The Kier molecular flexibility index (Phi) is 12.7. The van der Waals surface area contributed by atoms with E-state index in [1.807, 2.05) is 59.3 Å². The third-order valence-electron chi connectivity index (χ3n) is 9.62. The zero-order valence-corrected chi connectivity index (χ0v) is 32.7. The fraction of sp³-hybridized carbons (Fsp3) is 0.390. The van der Waals surface area contributed by atoms with E-state index in [4.69, 9.17) is 35.1 Å². The van der Waals surface area contributed by atoms with Crippen LogP contribution in [0.2, 0.25) is 5.15 Å². The van der Waals surface area contributed by atoms with Crippen LogP contribution >= 0.6 is 19.9 Å². The summed E-state index contributed by atoms with van der Waals surface area (Å²) in [6.07, 6.45) is 3.59. The lowest BCUT2D eigenvalue weighted by Gasteiger charge is -2.42. The van der Waals surface area contributed by atoms with Gasteiger partial charge in [-0.05, 0) is 74.7 Å². The van der Waals surface area contributed by atoms with Gasteiger partial charge >= 0.3 is 0 Å². The molecule has 0 amide bonds. The molecular formula is C41H47ClN5O5P. The van der Waals surface area contributed by atoms with Gasteiger partial charge in [-0.25, -0.2) is 9.97 Å². The van der Waals surface area contributed by atoms with Gasteiger partial charge < -0.3 is 28.0 Å². The molecule has 6 rings (SSSR count). The Hall–Kier alpha value is -4.07. The van der Waals surface area contributed by atoms with Gasteiger partial charge in [0.15, 0.2) is 0 Å². The summed E-state index contributed by atoms with van der Waals surface area (Å²) >= 11 is 6.49. The van der Waals surface area contributed by atoms with Gasteiger partial charge in [-0.1, -0.05) is 66.2 Å². The summed E-state index contributed by atoms with van der Waals surface area (Å²) in [5.41, 5.74) is 2.40. The average Bonchev–Trinajstić information content (AvgIpc) is 3.80. The maximum absolute atomic E-state index is 9.48. The molecular weight excluding hydrogens is 709 g/mol. The van der Waals surface area contributed by atoms with E-state index < -0.39 is 20.0 Å². The van der Waals surface area contributed by atoms with Gasteiger partial charge in [0, 0.05) is 24.7 Å². The highest BCUT2D eigenvalue weighted by Gasteiger charge is 2.48. The second-order valence-electron chi connectivity index (χ2n) is 13.5. The number of aromatic nitrogens is 3. The minimum absolute atomic E-state index is 0.0894. The summed E-state index contributed by atoms with van der Waals surface area (Å²) in [7, 11) is 2.07. The molecule has 4 atom stereocenters. The lowest BCUT2D eigenvalue weighted by atomic mass is 9.80. The van der Waals surface area contributed by atoms with Crippen molar-refractivity contribution >= 4 is 30.9 Å². The van der Waals surface area contributed by atoms with E-state index in [9.17, 15) is 5.26 Å². The molecule has 12 heteroatoms. The Morgan fingerprint density at radius 3 is 2.08 bits per heavy atom. The van der Waals surface area contributed by atoms with Gasteiger partial charge in [-0.2, -0.15) is 5.26 Å². The van der Waals surface area contributed by atoms with E-state index in [2.05, 4.69) is 84.8 Å². The van der Waals surface area contributed by atoms with Gasteiger partial charge in [-0.3, -0.25) is 4.67 Å². The first-order chi connectivity index (χ1) is 25.7. The van der Waals surface area contributed by atoms with Crippen LogP contribution < -0.4 is 9.47 Å². The molecule has 3 heterocycles. The zero-order valence-electron chi connectivity index (χ0n) is 31.1. The largest absolute Gasteiger partial charge is 0.497 e. The minimum Gasteiger partial charge on any atom is -0.497 e. The molecule has 2 aromatic heterocycles. The Balaban J connectivity index is 1.47. The predicted molar refractivity (Wildman–Crippen MR) is 208 cm³/mol. The van der Waals surface area contributed by atoms with E-state index in [0.29, 0.717) is 30.2 Å². The van der Waals surface area contributed by atoms with Crippen LogP contribution in [-0.4, -0.2) is 70.5 Å². The summed E-state index contributed by atoms with van der Waals surface area (Å²) in [5.74, 6) is 1.50. The van der Waals surface area contributed by atoms with Crippen molar-refractivity contribution in [1.29, 1.82) is 5.26 Å². The van der Waals surface area contributed by atoms with Gasteiger partial charge in [0.05, 0.1) is 57.1 Å². The van der Waals surface area contributed by atoms with Crippen LogP contribution in [0.15, 0.2) is 97.5 Å². The van der Waals surface area contributed by atoms with E-state index >= 15 is 0 Å². The molecule has 5 aromatic rings. The fourth-order valence-corrected chi connectivity index (χ4v) is 10.1. The second-order valence-corrected chi connectivity index (χ2v) is 15.8. The van der Waals surface area contributed by atoms with Crippen molar-refractivity contribution in [3.63, 3.8) is 0 Å². The zero-order chi connectivity index (χ0) is 37.5. The number of benzene rings is 3. The lowest BCUT2D eigenvalue weighted by molar-refractivity contribution is -0.0754. The van der Waals surface area contributed by atoms with E-state index in [0.717, 1.165) is 33.6 Å². The Morgan fingerprint density at radius 1 is 0.906 bits per heavy atom. The highest BCUT2D eigenvalue weighted by atomic mass is 35.5. The van der Waals surface area contributed by atoms with Crippen LogP contribution in [-0.2, 0) is 19.6 Å². The predicted octanol–water partition coefficient (Wildman–Crippen LogP) is 9.13. The van der Waals surface area contributed by atoms with Crippen molar-refractivity contribution in [3.05, 3.63) is 119 Å². The molecule has 53 heavy (non-hydrogen) atoms. The number of hydrogen-bond acceptors (Lipinski definition) is 9. The maximum Gasteiger partial charge on any atom is 0.146 e. The summed E-state index contributed by atoms with van der Waals surface area (Å²) in [4.78, 5) is 8.78. The number of methoxy groups -OCH3 is 2. The van der Waals surface area contributed by atoms with Crippen LogP contribution in [0.5, 0.6) is 11.5 Å².